The molecule has 3 aromatic carbocycles. The van der Waals surface area contributed by atoms with Crippen molar-refractivity contribution in [3.63, 3.8) is 0 Å². The first-order valence-electron chi connectivity index (χ1n) is 12.6. The van der Waals surface area contributed by atoms with Crippen LogP contribution in [0.25, 0.3) is 33.7 Å². The van der Waals surface area contributed by atoms with Gasteiger partial charge in [0.2, 0.25) is 11.8 Å². The lowest BCUT2D eigenvalue weighted by Crippen LogP contribution is -2.46. The Morgan fingerprint density at radius 1 is 0.658 bits per heavy atom. The molecule has 4 amide bonds. The van der Waals surface area contributed by atoms with Gasteiger partial charge in [-0.15, -0.1) is 0 Å². The van der Waals surface area contributed by atoms with Gasteiger partial charge in [0.1, 0.15) is 0 Å². The van der Waals surface area contributed by atoms with E-state index in [9.17, 15) is 19.2 Å². The third-order valence-electron chi connectivity index (χ3n) is 8.20. The zero-order valence-electron chi connectivity index (χ0n) is 20.9. The first-order chi connectivity index (χ1) is 18.5. The van der Waals surface area contributed by atoms with E-state index in [2.05, 4.69) is 0 Å². The van der Waals surface area contributed by atoms with Crippen molar-refractivity contribution in [3.05, 3.63) is 69.8 Å². The second kappa shape index (κ2) is 8.18. The molecule has 2 unspecified atom stereocenters. The van der Waals surface area contributed by atoms with Gasteiger partial charge in [-0.1, -0.05) is 36.4 Å². The van der Waals surface area contributed by atoms with E-state index >= 15 is 0 Å². The molecule has 0 N–H and O–H groups in total. The number of benzene rings is 3. The number of methoxy groups -OCH3 is 2. The molecule has 38 heavy (non-hydrogen) atoms. The van der Waals surface area contributed by atoms with Crippen molar-refractivity contribution >= 4 is 57.3 Å². The Labute approximate surface area is 218 Å². The summed E-state index contributed by atoms with van der Waals surface area (Å²) in [5.74, 6) is -2.26. The van der Waals surface area contributed by atoms with Crippen molar-refractivity contribution in [1.82, 2.24) is 9.80 Å². The second-order valence-electron chi connectivity index (χ2n) is 9.98. The molecule has 7 rings (SSSR count). The number of hydrogen-bond donors (Lipinski definition) is 0. The molecule has 4 aliphatic rings. The maximum atomic E-state index is 13.4. The number of hydrogen-bond acceptors (Lipinski definition) is 6. The van der Waals surface area contributed by atoms with E-state index in [-0.39, 0.29) is 49.9 Å². The zero-order valence-corrected chi connectivity index (χ0v) is 20.9. The highest BCUT2D eigenvalue weighted by Crippen LogP contribution is 2.50. The predicted molar refractivity (Wildman–Crippen MR) is 141 cm³/mol. The maximum absolute atomic E-state index is 13.4. The van der Waals surface area contributed by atoms with E-state index in [1.807, 2.05) is 36.4 Å². The van der Waals surface area contributed by atoms with Gasteiger partial charge in [-0.05, 0) is 55.9 Å². The number of imide groups is 2. The smallest absolute Gasteiger partial charge is 0.260 e. The molecule has 8 heteroatoms. The van der Waals surface area contributed by atoms with Crippen LogP contribution in [-0.4, -0.2) is 74.0 Å². The van der Waals surface area contributed by atoms with Crippen LogP contribution in [0.3, 0.4) is 0 Å². The first kappa shape index (κ1) is 23.0. The monoisotopic (exact) mass is 508 g/mol. The minimum absolute atomic E-state index is 0.200. The fourth-order valence-electron chi connectivity index (χ4n) is 6.51. The summed E-state index contributed by atoms with van der Waals surface area (Å²) >= 11 is 0. The fraction of sp³-hybridized carbons (Fsp3) is 0.267. The molecule has 2 aliphatic carbocycles. The summed E-state index contributed by atoms with van der Waals surface area (Å²) in [7, 11) is 3.08. The average Bonchev–Trinajstić information content (AvgIpc) is 2.93. The number of rotatable bonds is 6. The third kappa shape index (κ3) is 2.81. The first-order valence-corrected chi connectivity index (χ1v) is 12.6. The number of carbonyl (C=O) groups excluding carboxylic acids is 4. The van der Waals surface area contributed by atoms with E-state index in [1.54, 1.807) is 26.4 Å². The normalized spacial score (nSPS) is 20.9. The van der Waals surface area contributed by atoms with Gasteiger partial charge >= 0.3 is 0 Å². The van der Waals surface area contributed by atoms with Gasteiger partial charge in [-0.3, -0.25) is 29.0 Å². The van der Waals surface area contributed by atoms with Gasteiger partial charge in [-0.2, -0.15) is 0 Å². The highest BCUT2D eigenvalue weighted by atomic mass is 16.5. The highest BCUT2D eigenvalue weighted by molar-refractivity contribution is 6.25. The van der Waals surface area contributed by atoms with Crippen molar-refractivity contribution in [2.45, 2.75) is 11.8 Å². The van der Waals surface area contributed by atoms with Crippen molar-refractivity contribution < 1.29 is 28.7 Å². The van der Waals surface area contributed by atoms with Gasteiger partial charge < -0.3 is 9.47 Å². The average molecular weight is 509 g/mol. The second-order valence-corrected chi connectivity index (χ2v) is 9.98. The molecule has 0 radical (unpaired) electrons. The summed E-state index contributed by atoms with van der Waals surface area (Å²) in [5, 5.41) is 3.56. The van der Waals surface area contributed by atoms with Gasteiger partial charge in [0, 0.05) is 25.3 Å². The van der Waals surface area contributed by atoms with Crippen molar-refractivity contribution in [2.24, 2.45) is 0 Å². The van der Waals surface area contributed by atoms with Gasteiger partial charge in [-0.25, -0.2) is 0 Å². The molecular formula is C30H24N2O6. The Bertz CT molecular complexity index is 1580. The fourth-order valence-corrected chi connectivity index (χ4v) is 6.51. The molecule has 2 heterocycles. The van der Waals surface area contributed by atoms with E-state index in [0.29, 0.717) is 11.1 Å². The van der Waals surface area contributed by atoms with E-state index in [4.69, 9.17) is 9.47 Å². The maximum Gasteiger partial charge on any atom is 0.260 e. The molecule has 190 valence electrons. The SMILES string of the molecule is COCCN1C(=O)c2ccc3c4c5c6c(ccc5c5c3c2C(C=C5)C1=O)C(=O)N(CCOC)C(=O)C6C=C4. The number of fused-ring (bicyclic) bond motifs is 2. The van der Waals surface area contributed by atoms with E-state index < -0.39 is 11.8 Å². The zero-order chi connectivity index (χ0) is 26.3. The summed E-state index contributed by atoms with van der Waals surface area (Å²) in [6.45, 7) is 0.944. The van der Waals surface area contributed by atoms with Crippen molar-refractivity contribution in [2.75, 3.05) is 40.5 Å². The van der Waals surface area contributed by atoms with Gasteiger partial charge in [0.25, 0.3) is 11.8 Å². The van der Waals surface area contributed by atoms with Crippen LogP contribution in [0.15, 0.2) is 36.4 Å². The molecule has 0 aromatic heterocycles. The minimum Gasteiger partial charge on any atom is -0.383 e. The Morgan fingerprint density at radius 2 is 1.08 bits per heavy atom. The molecule has 2 aliphatic heterocycles. The van der Waals surface area contributed by atoms with E-state index in [1.165, 1.54) is 9.80 Å². The Morgan fingerprint density at radius 3 is 1.47 bits per heavy atom. The Kier molecular flexibility index (Phi) is 4.95. The van der Waals surface area contributed by atoms with Crippen LogP contribution in [0.5, 0.6) is 0 Å². The predicted octanol–water partition coefficient (Wildman–Crippen LogP) is 3.47. The largest absolute Gasteiger partial charge is 0.383 e. The van der Waals surface area contributed by atoms with Crippen LogP contribution in [0.1, 0.15) is 54.8 Å². The van der Waals surface area contributed by atoms with Crippen LogP contribution in [0.2, 0.25) is 0 Å². The number of ether oxygens (including phenoxy) is 2. The van der Waals surface area contributed by atoms with Crippen LogP contribution >= 0.6 is 0 Å². The summed E-state index contributed by atoms with van der Waals surface area (Å²) in [4.78, 5) is 56.1. The van der Waals surface area contributed by atoms with Gasteiger partial charge in [0.15, 0.2) is 0 Å². The topological polar surface area (TPSA) is 93.2 Å². The molecule has 0 spiro atoms. The molecular weight excluding hydrogens is 484 g/mol. The molecule has 0 saturated carbocycles. The molecule has 8 nitrogen and oxygen atoms in total. The Balaban J connectivity index is 1.50. The third-order valence-corrected chi connectivity index (χ3v) is 8.20. The summed E-state index contributed by atoms with van der Waals surface area (Å²) < 4.78 is 10.2. The number of carbonyl (C=O) groups is 4. The Hall–Kier alpha value is -4.14. The lowest BCUT2D eigenvalue weighted by molar-refractivity contribution is -0.131. The molecule has 2 atom stereocenters. The van der Waals surface area contributed by atoms with Crippen LogP contribution in [0.4, 0.5) is 0 Å². The van der Waals surface area contributed by atoms with Gasteiger partial charge in [0.05, 0.1) is 38.1 Å². The lowest BCUT2D eigenvalue weighted by Gasteiger charge is -2.36. The molecule has 3 aromatic rings. The van der Waals surface area contributed by atoms with Crippen LogP contribution in [0, 0.1) is 0 Å². The number of nitrogens with zero attached hydrogens (tertiary/aromatic N) is 2. The summed E-state index contributed by atoms with van der Waals surface area (Å²) in [6.07, 6.45) is 7.61. The standard InChI is InChI=1S/C30H24N2O6/c1-37-13-11-31-27(33)19-7-3-15-17-5-9-21-26-22(30(36)32(29(21)35)12-14-38-2)10-6-18(24(17)26)16-4-8-20(28(31)34)25(19)23(15)16/h3-10,19,22H,11-14H2,1-2H3. The van der Waals surface area contributed by atoms with Crippen molar-refractivity contribution in [3.8, 4) is 0 Å². The lowest BCUT2D eigenvalue weighted by atomic mass is 9.73. The summed E-state index contributed by atoms with van der Waals surface area (Å²) in [6, 6.07) is 7.43. The number of amides is 4. The van der Waals surface area contributed by atoms with E-state index in [0.717, 1.165) is 43.8 Å². The molecule has 0 fully saturated rings. The quantitative estimate of drug-likeness (QED) is 0.374. The van der Waals surface area contributed by atoms with Crippen LogP contribution < -0.4 is 0 Å². The molecule has 0 bridgehead atoms. The summed E-state index contributed by atoms with van der Waals surface area (Å²) in [5.41, 5.74) is 4.30. The minimum atomic E-state index is -0.559. The molecule has 0 saturated heterocycles. The van der Waals surface area contributed by atoms with Crippen molar-refractivity contribution in [1.29, 1.82) is 0 Å². The van der Waals surface area contributed by atoms with Crippen LogP contribution in [-0.2, 0) is 19.1 Å². The highest BCUT2D eigenvalue weighted by Gasteiger charge is 2.43.